The van der Waals surface area contributed by atoms with Crippen molar-refractivity contribution in [1.29, 1.82) is 0 Å². The molecule has 0 aromatic heterocycles. The number of ether oxygens (including phenoxy) is 2. The van der Waals surface area contributed by atoms with Gasteiger partial charge < -0.3 is 25.2 Å². The van der Waals surface area contributed by atoms with Crippen LogP contribution in [0.15, 0.2) is 78.9 Å². The molecule has 4 unspecified atom stereocenters. The summed E-state index contributed by atoms with van der Waals surface area (Å²) >= 11 is 0. The first kappa shape index (κ1) is 28.4. The van der Waals surface area contributed by atoms with Crippen molar-refractivity contribution in [2.24, 2.45) is 11.8 Å². The maximum atomic E-state index is 13.3. The van der Waals surface area contributed by atoms with E-state index in [9.17, 15) is 19.5 Å². The highest BCUT2D eigenvalue weighted by Gasteiger charge is 2.35. The molecule has 8 nitrogen and oxygen atoms in total. The topological polar surface area (TPSA) is 114 Å². The predicted molar refractivity (Wildman–Crippen MR) is 154 cm³/mol. The average Bonchev–Trinajstić information content (AvgIpc) is 3.60. The molecule has 1 fully saturated rings. The molecule has 4 atom stereocenters. The summed E-state index contributed by atoms with van der Waals surface area (Å²) in [7, 11) is 0. The lowest BCUT2D eigenvalue weighted by Crippen LogP contribution is -2.54. The molecule has 2 aliphatic carbocycles. The third-order valence-electron chi connectivity index (χ3n) is 8.24. The average molecular weight is 557 g/mol. The summed E-state index contributed by atoms with van der Waals surface area (Å²) in [5.41, 5.74) is 5.39. The van der Waals surface area contributed by atoms with E-state index in [1.807, 2.05) is 66.7 Å². The van der Waals surface area contributed by atoms with Crippen LogP contribution in [0.4, 0.5) is 4.79 Å². The van der Waals surface area contributed by atoms with Crippen molar-refractivity contribution in [3.8, 4) is 11.1 Å². The molecule has 0 saturated heterocycles. The van der Waals surface area contributed by atoms with Gasteiger partial charge in [0, 0.05) is 12.5 Å². The number of carbonyl (C=O) groups is 3. The lowest BCUT2D eigenvalue weighted by atomic mass is 9.96. The quantitative estimate of drug-likeness (QED) is 0.302. The zero-order valence-corrected chi connectivity index (χ0v) is 23.1. The molecule has 8 heteroatoms. The zero-order chi connectivity index (χ0) is 28.8. The first-order chi connectivity index (χ1) is 19.9. The third-order valence-corrected chi connectivity index (χ3v) is 8.24. The van der Waals surface area contributed by atoms with Gasteiger partial charge in [-0.2, -0.15) is 0 Å². The Hall–Kier alpha value is -4.17. The van der Waals surface area contributed by atoms with Crippen LogP contribution in [-0.2, 0) is 25.7 Å². The van der Waals surface area contributed by atoms with Gasteiger partial charge in [0.2, 0.25) is 5.91 Å². The lowest BCUT2D eigenvalue weighted by Gasteiger charge is -2.26. The number of carbonyl (C=O) groups excluding carboxylic acids is 2. The molecule has 0 heterocycles. The molecule has 2 aliphatic rings. The largest absolute Gasteiger partial charge is 0.481 e. The Kier molecular flexibility index (Phi) is 8.99. The van der Waals surface area contributed by atoms with Crippen LogP contribution in [0.1, 0.15) is 48.8 Å². The van der Waals surface area contributed by atoms with E-state index in [1.165, 1.54) is 0 Å². The molecule has 0 bridgehead atoms. The molecule has 5 rings (SSSR count). The Morgan fingerprint density at radius 3 is 2.20 bits per heavy atom. The van der Waals surface area contributed by atoms with Gasteiger partial charge in [-0.25, -0.2) is 4.79 Å². The van der Waals surface area contributed by atoms with Crippen LogP contribution in [-0.4, -0.2) is 48.4 Å². The van der Waals surface area contributed by atoms with E-state index in [1.54, 1.807) is 6.92 Å². The fraction of sp³-hybridized carbons (Fsp3) is 0.364. The number of hydrogen-bond acceptors (Lipinski definition) is 5. The monoisotopic (exact) mass is 556 g/mol. The first-order valence-corrected chi connectivity index (χ1v) is 14.2. The SMILES string of the molecule is CC(OCc1ccccc1)C(NC(=O)OCC1c2ccccc2-c2ccccc21)C(=O)NCC1CCCC1C(=O)O. The fourth-order valence-electron chi connectivity index (χ4n) is 6.01. The second-order valence-corrected chi connectivity index (χ2v) is 10.8. The number of amides is 2. The predicted octanol–water partition coefficient (Wildman–Crippen LogP) is 5.12. The van der Waals surface area contributed by atoms with Gasteiger partial charge in [0.05, 0.1) is 18.6 Å². The van der Waals surface area contributed by atoms with Gasteiger partial charge in [0.1, 0.15) is 12.6 Å². The van der Waals surface area contributed by atoms with Crippen molar-refractivity contribution in [1.82, 2.24) is 10.6 Å². The summed E-state index contributed by atoms with van der Waals surface area (Å²) in [5.74, 6) is -2.00. The van der Waals surface area contributed by atoms with Crippen molar-refractivity contribution in [2.75, 3.05) is 13.2 Å². The minimum Gasteiger partial charge on any atom is -0.481 e. The van der Waals surface area contributed by atoms with Crippen molar-refractivity contribution in [3.05, 3.63) is 95.6 Å². The normalized spacial score (nSPS) is 19.0. The van der Waals surface area contributed by atoms with Crippen molar-refractivity contribution in [3.63, 3.8) is 0 Å². The summed E-state index contributed by atoms with van der Waals surface area (Å²) in [6.45, 7) is 2.34. The Bertz CT molecular complexity index is 1330. The van der Waals surface area contributed by atoms with Crippen LogP contribution in [0.5, 0.6) is 0 Å². The van der Waals surface area contributed by atoms with Crippen LogP contribution >= 0.6 is 0 Å². The highest BCUT2D eigenvalue weighted by molar-refractivity contribution is 5.86. The summed E-state index contributed by atoms with van der Waals surface area (Å²) in [4.78, 5) is 38.0. The van der Waals surface area contributed by atoms with Gasteiger partial charge in [0.25, 0.3) is 0 Å². The molecule has 3 N–H and O–H groups in total. The minimum absolute atomic E-state index is 0.109. The number of nitrogens with one attached hydrogen (secondary N) is 2. The molecule has 0 aliphatic heterocycles. The Labute approximate surface area is 240 Å². The first-order valence-electron chi connectivity index (χ1n) is 14.2. The van der Waals surface area contributed by atoms with E-state index in [4.69, 9.17) is 9.47 Å². The molecule has 3 aromatic carbocycles. The number of alkyl carbamates (subject to hydrolysis) is 1. The molecule has 0 spiro atoms. The fourth-order valence-corrected chi connectivity index (χ4v) is 6.01. The molecule has 3 aromatic rings. The van der Waals surface area contributed by atoms with Crippen molar-refractivity contribution in [2.45, 2.75) is 50.9 Å². The van der Waals surface area contributed by atoms with Gasteiger partial charge in [-0.1, -0.05) is 85.3 Å². The summed E-state index contributed by atoms with van der Waals surface area (Å²) in [6, 6.07) is 24.7. The number of aliphatic carboxylic acids is 1. The van der Waals surface area contributed by atoms with Crippen LogP contribution in [0, 0.1) is 11.8 Å². The van der Waals surface area contributed by atoms with Crippen LogP contribution < -0.4 is 10.6 Å². The number of benzene rings is 3. The number of carboxylic acids is 1. The van der Waals surface area contributed by atoms with Crippen LogP contribution in [0.2, 0.25) is 0 Å². The van der Waals surface area contributed by atoms with E-state index in [0.717, 1.165) is 40.7 Å². The molecular formula is C33H36N2O6. The standard InChI is InChI=1S/C33H36N2O6/c1-21(40-19-22-10-3-2-4-11-22)30(31(36)34-18-23-12-9-17-24(23)32(37)38)35-33(39)41-20-29-27-15-7-5-13-25(27)26-14-6-8-16-28(26)29/h2-8,10-11,13-16,21,23-24,29-30H,9,12,17-20H2,1H3,(H,34,36)(H,35,39)(H,37,38). The number of fused-ring (bicyclic) bond motifs is 3. The summed E-state index contributed by atoms with van der Waals surface area (Å²) in [5, 5.41) is 15.1. The van der Waals surface area contributed by atoms with Gasteiger partial charge in [0.15, 0.2) is 0 Å². The molecule has 2 amide bonds. The van der Waals surface area contributed by atoms with Crippen molar-refractivity contribution < 1.29 is 29.0 Å². The van der Waals surface area contributed by atoms with E-state index in [2.05, 4.69) is 22.8 Å². The molecule has 214 valence electrons. The van der Waals surface area contributed by atoms with E-state index in [0.29, 0.717) is 6.42 Å². The lowest BCUT2D eigenvalue weighted by molar-refractivity contribution is -0.143. The number of carboxylic acid groups (broad SMARTS) is 1. The van der Waals surface area contributed by atoms with Gasteiger partial charge in [-0.15, -0.1) is 0 Å². The van der Waals surface area contributed by atoms with Crippen LogP contribution in [0.25, 0.3) is 11.1 Å². The van der Waals surface area contributed by atoms with E-state index < -0.39 is 36.0 Å². The minimum atomic E-state index is -1.03. The molecule has 41 heavy (non-hydrogen) atoms. The van der Waals surface area contributed by atoms with Gasteiger partial charge >= 0.3 is 12.1 Å². The Morgan fingerprint density at radius 2 is 1.54 bits per heavy atom. The molecular weight excluding hydrogens is 520 g/mol. The van der Waals surface area contributed by atoms with E-state index >= 15 is 0 Å². The third kappa shape index (κ3) is 6.60. The summed E-state index contributed by atoms with van der Waals surface area (Å²) in [6.07, 6.45) is 0.770. The van der Waals surface area contributed by atoms with Crippen LogP contribution in [0.3, 0.4) is 0 Å². The van der Waals surface area contributed by atoms with Gasteiger partial charge in [-0.3, -0.25) is 9.59 Å². The summed E-state index contributed by atoms with van der Waals surface area (Å²) < 4.78 is 11.7. The van der Waals surface area contributed by atoms with Gasteiger partial charge in [-0.05, 0) is 53.5 Å². The maximum absolute atomic E-state index is 13.3. The smallest absolute Gasteiger partial charge is 0.407 e. The highest BCUT2D eigenvalue weighted by atomic mass is 16.5. The van der Waals surface area contributed by atoms with Crippen molar-refractivity contribution >= 4 is 18.0 Å². The number of rotatable bonds is 11. The molecule has 1 saturated carbocycles. The zero-order valence-electron chi connectivity index (χ0n) is 23.1. The number of hydrogen-bond donors (Lipinski definition) is 3. The second-order valence-electron chi connectivity index (χ2n) is 10.8. The molecule has 0 radical (unpaired) electrons. The Balaban J connectivity index is 1.24. The Morgan fingerprint density at radius 1 is 0.902 bits per heavy atom. The maximum Gasteiger partial charge on any atom is 0.407 e. The second kappa shape index (κ2) is 13.0. The highest BCUT2D eigenvalue weighted by Crippen LogP contribution is 2.44. The van der Waals surface area contributed by atoms with E-state index in [-0.39, 0.29) is 31.6 Å².